The van der Waals surface area contributed by atoms with Crippen molar-refractivity contribution in [2.75, 3.05) is 28.6 Å². The minimum Gasteiger partial charge on any atom is -0.381 e. The molecule has 1 aliphatic rings. The number of hydrogen-bond acceptors (Lipinski definition) is 7. The smallest absolute Gasteiger partial charge is 0.264 e. The van der Waals surface area contributed by atoms with Gasteiger partial charge in [0.1, 0.15) is 11.4 Å². The van der Waals surface area contributed by atoms with Crippen LogP contribution in [0.4, 0.5) is 17.3 Å². The number of nitrogen functional groups attached to an aromatic ring is 1. The van der Waals surface area contributed by atoms with Crippen molar-refractivity contribution in [1.29, 1.82) is 0 Å². The van der Waals surface area contributed by atoms with E-state index in [2.05, 4.69) is 15.1 Å². The topological polar surface area (TPSA) is 133 Å². The summed E-state index contributed by atoms with van der Waals surface area (Å²) < 4.78 is 6.42. The molecular weight excluding hydrogens is 498 g/mol. The minimum atomic E-state index is -0.568. The number of carbonyl (C=O) groups excluding carboxylic acids is 1. The third kappa shape index (κ3) is 4.91. The van der Waals surface area contributed by atoms with Gasteiger partial charge in [-0.25, -0.2) is 4.68 Å². The van der Waals surface area contributed by atoms with E-state index in [4.69, 9.17) is 23.1 Å². The highest BCUT2D eigenvalue weighted by atomic mass is 35.5. The van der Waals surface area contributed by atoms with Crippen molar-refractivity contribution >= 4 is 63.8 Å². The second-order valence-electron chi connectivity index (χ2n) is 7.87. The molecule has 0 radical (unpaired) electrons. The molecule has 11 heteroatoms. The Bertz CT molecular complexity index is 1510. The Balaban J connectivity index is 0.000000197. The lowest BCUT2D eigenvalue weighted by molar-refractivity contribution is 0.100. The molecule has 1 amide bonds. The zero-order valence-electron chi connectivity index (χ0n) is 19.8. The van der Waals surface area contributed by atoms with Gasteiger partial charge < -0.3 is 21.5 Å². The van der Waals surface area contributed by atoms with Crippen molar-refractivity contribution < 1.29 is 4.79 Å². The second kappa shape index (κ2) is 10.8. The molecule has 6 N–H and O–H groups in total. The Labute approximate surface area is 217 Å². The number of aromatic nitrogens is 3. The number of nitrogens with one attached hydrogen (secondary N) is 2. The SMILES string of the molecule is CCc1cc2cccc(Cl)c2c(=O)n1-c1ccc(NSC)cc1.NC(=O)c1c(N)nn2c1NCC=C2. The number of fused-ring (bicyclic) bond motifs is 2. The lowest BCUT2D eigenvalue weighted by Crippen LogP contribution is -2.22. The first kappa shape index (κ1) is 25.2. The molecular formula is C25H26ClN7O2S. The van der Waals surface area contributed by atoms with Crippen molar-refractivity contribution in [3.05, 3.63) is 81.2 Å². The lowest BCUT2D eigenvalue weighted by Gasteiger charge is -2.14. The van der Waals surface area contributed by atoms with E-state index in [1.807, 2.05) is 61.7 Å². The van der Waals surface area contributed by atoms with Crippen LogP contribution in [0, 0.1) is 0 Å². The van der Waals surface area contributed by atoms with Crippen molar-refractivity contribution in [3.63, 3.8) is 0 Å². The van der Waals surface area contributed by atoms with Crippen molar-refractivity contribution in [2.45, 2.75) is 13.3 Å². The predicted octanol–water partition coefficient (Wildman–Crippen LogP) is 4.36. The number of nitrogens with zero attached hydrogens (tertiary/aromatic N) is 3. The summed E-state index contributed by atoms with van der Waals surface area (Å²) in [5, 5.41) is 8.83. The number of halogens is 1. The molecule has 1 aliphatic heterocycles. The first-order valence-corrected chi connectivity index (χ1v) is 12.8. The Morgan fingerprint density at radius 3 is 2.67 bits per heavy atom. The number of primary amides is 1. The molecule has 5 rings (SSSR count). The Kier molecular flexibility index (Phi) is 7.56. The van der Waals surface area contributed by atoms with Crippen LogP contribution >= 0.6 is 23.5 Å². The van der Waals surface area contributed by atoms with Gasteiger partial charge >= 0.3 is 0 Å². The summed E-state index contributed by atoms with van der Waals surface area (Å²) in [6.45, 7) is 2.69. The monoisotopic (exact) mass is 523 g/mol. The van der Waals surface area contributed by atoms with Crippen molar-refractivity contribution in [1.82, 2.24) is 14.3 Å². The Morgan fingerprint density at radius 2 is 2.00 bits per heavy atom. The summed E-state index contributed by atoms with van der Waals surface area (Å²) in [6.07, 6.45) is 6.33. The van der Waals surface area contributed by atoms with Gasteiger partial charge in [0.05, 0.1) is 10.4 Å². The minimum absolute atomic E-state index is 0.0736. The lowest BCUT2D eigenvalue weighted by atomic mass is 10.1. The Hall–Kier alpha value is -3.89. The van der Waals surface area contributed by atoms with E-state index in [1.54, 1.807) is 16.8 Å². The van der Waals surface area contributed by atoms with E-state index < -0.39 is 5.91 Å². The number of anilines is 3. The number of amides is 1. The molecule has 0 aliphatic carbocycles. The molecule has 4 aromatic rings. The van der Waals surface area contributed by atoms with Crippen LogP contribution in [-0.2, 0) is 6.42 Å². The molecule has 0 fully saturated rings. The highest BCUT2D eigenvalue weighted by molar-refractivity contribution is 7.99. The molecule has 0 atom stereocenters. The summed E-state index contributed by atoms with van der Waals surface area (Å²) in [4.78, 5) is 24.0. The van der Waals surface area contributed by atoms with E-state index in [0.717, 1.165) is 28.9 Å². The van der Waals surface area contributed by atoms with Crippen LogP contribution in [0.15, 0.2) is 59.4 Å². The van der Waals surface area contributed by atoms with E-state index in [1.165, 1.54) is 16.6 Å². The van der Waals surface area contributed by atoms with Gasteiger partial charge in [0.15, 0.2) is 5.82 Å². The molecule has 9 nitrogen and oxygen atoms in total. The summed E-state index contributed by atoms with van der Waals surface area (Å²) in [5.41, 5.74) is 13.7. The number of hydrogen-bond donors (Lipinski definition) is 4. The van der Waals surface area contributed by atoms with Crippen LogP contribution in [-0.4, -0.2) is 33.1 Å². The van der Waals surface area contributed by atoms with E-state index >= 15 is 0 Å². The highest BCUT2D eigenvalue weighted by Gasteiger charge is 2.20. The first-order chi connectivity index (χ1) is 17.3. The van der Waals surface area contributed by atoms with Gasteiger partial charge in [0.2, 0.25) is 0 Å². The molecule has 0 unspecified atom stereocenters. The predicted molar refractivity (Wildman–Crippen MR) is 150 cm³/mol. The van der Waals surface area contributed by atoms with Gasteiger partial charge in [0.25, 0.3) is 11.5 Å². The number of carbonyl (C=O) groups is 1. The summed E-state index contributed by atoms with van der Waals surface area (Å²) in [5.74, 6) is 0.149. The average molecular weight is 524 g/mol. The molecule has 36 heavy (non-hydrogen) atoms. The normalized spacial score (nSPS) is 11.9. The fourth-order valence-electron chi connectivity index (χ4n) is 3.99. The van der Waals surface area contributed by atoms with Crippen LogP contribution in [0.1, 0.15) is 23.0 Å². The van der Waals surface area contributed by atoms with E-state index in [0.29, 0.717) is 22.8 Å². The van der Waals surface area contributed by atoms with Crippen LogP contribution in [0.5, 0.6) is 0 Å². The largest absolute Gasteiger partial charge is 0.381 e. The average Bonchev–Trinajstić information content (AvgIpc) is 3.21. The molecule has 0 bridgehead atoms. The van der Waals surface area contributed by atoms with Crippen LogP contribution < -0.4 is 27.1 Å². The van der Waals surface area contributed by atoms with Gasteiger partial charge in [-0.2, -0.15) is 0 Å². The molecule has 2 aromatic carbocycles. The van der Waals surface area contributed by atoms with Crippen LogP contribution in [0.2, 0.25) is 5.02 Å². The molecule has 0 saturated carbocycles. The highest BCUT2D eigenvalue weighted by Crippen LogP contribution is 2.24. The maximum absolute atomic E-state index is 13.0. The van der Waals surface area contributed by atoms with Gasteiger partial charge in [-0.05, 0) is 54.3 Å². The van der Waals surface area contributed by atoms with Crippen molar-refractivity contribution in [3.8, 4) is 5.69 Å². The molecule has 0 saturated heterocycles. The maximum Gasteiger partial charge on any atom is 0.264 e. The van der Waals surface area contributed by atoms with Crippen molar-refractivity contribution in [2.24, 2.45) is 5.73 Å². The van der Waals surface area contributed by atoms with E-state index in [-0.39, 0.29) is 16.9 Å². The molecule has 186 valence electrons. The Morgan fingerprint density at radius 1 is 1.25 bits per heavy atom. The summed E-state index contributed by atoms with van der Waals surface area (Å²) in [7, 11) is 0. The van der Waals surface area contributed by atoms with Gasteiger partial charge in [-0.15, -0.1) is 5.10 Å². The first-order valence-electron chi connectivity index (χ1n) is 11.2. The molecule has 3 heterocycles. The molecule has 2 aromatic heterocycles. The zero-order valence-corrected chi connectivity index (χ0v) is 21.4. The number of aryl methyl sites for hydroxylation is 1. The fourth-order valence-corrected chi connectivity index (χ4v) is 4.63. The quantitative estimate of drug-likeness (QED) is 0.286. The summed E-state index contributed by atoms with van der Waals surface area (Å²) >= 11 is 7.79. The third-order valence-electron chi connectivity index (χ3n) is 5.60. The van der Waals surface area contributed by atoms with Crippen LogP contribution in [0.25, 0.3) is 22.7 Å². The number of rotatable bonds is 5. The number of nitrogens with two attached hydrogens (primary N) is 2. The van der Waals surface area contributed by atoms with E-state index in [9.17, 15) is 9.59 Å². The van der Waals surface area contributed by atoms with Gasteiger partial charge in [-0.1, -0.05) is 42.6 Å². The standard InChI is InChI=1S/C18H17ClN2OS.C7H9N5O/c1-3-14-11-12-5-4-6-16(19)17(12)18(22)21(14)15-9-7-13(8-10-15)20-23-2;8-5-4(6(9)13)7-10-2-1-3-12(7)11-5/h4-11,20H,3H2,1-2H3;1,3,10H,2H2,(H2,8,11)(H2,9,13). The zero-order chi connectivity index (χ0) is 25.8. The summed E-state index contributed by atoms with van der Waals surface area (Å²) in [6, 6.07) is 15.4. The number of pyridine rings is 1. The maximum atomic E-state index is 13.0. The van der Waals surface area contributed by atoms with Gasteiger partial charge in [0, 0.05) is 36.1 Å². The molecule has 0 spiro atoms. The van der Waals surface area contributed by atoms with Crippen LogP contribution in [0.3, 0.4) is 0 Å². The fraction of sp³-hybridized carbons (Fsp3) is 0.160. The second-order valence-corrected chi connectivity index (χ2v) is 8.89. The van der Waals surface area contributed by atoms with Gasteiger partial charge in [-0.3, -0.25) is 14.2 Å². The third-order valence-corrected chi connectivity index (χ3v) is 6.35. The number of benzene rings is 2.